The van der Waals surface area contributed by atoms with Gasteiger partial charge in [-0.25, -0.2) is 0 Å². The minimum absolute atomic E-state index is 0.787. The number of hydrogen-bond acceptors (Lipinski definition) is 1. The van der Waals surface area contributed by atoms with E-state index in [9.17, 15) is 0 Å². The van der Waals surface area contributed by atoms with Crippen molar-refractivity contribution in [2.75, 3.05) is 0 Å². The van der Waals surface area contributed by atoms with Gasteiger partial charge >= 0.3 is 0 Å². The van der Waals surface area contributed by atoms with Gasteiger partial charge in [0, 0.05) is 12.1 Å². The molecule has 0 aromatic heterocycles. The number of nitrogens with one attached hydrogen (secondary N) is 1. The molecule has 5 aliphatic rings. The maximum atomic E-state index is 4.10. The molecule has 0 aromatic carbocycles. The molecule has 1 atom stereocenters. The molecule has 102 valence electrons. The van der Waals surface area contributed by atoms with E-state index in [1.807, 2.05) is 0 Å². The predicted molar refractivity (Wildman–Crippen MR) is 75.4 cm³/mol. The SMILES string of the molecule is C[C@H](NC1C2CC3CC(C2)CC1C3)C1CCCC1. The van der Waals surface area contributed by atoms with E-state index < -0.39 is 0 Å². The highest BCUT2D eigenvalue weighted by atomic mass is 15.0. The van der Waals surface area contributed by atoms with Crippen LogP contribution in [0.25, 0.3) is 0 Å². The Hall–Kier alpha value is -0.0400. The van der Waals surface area contributed by atoms with Crippen molar-refractivity contribution in [2.45, 2.75) is 76.8 Å². The van der Waals surface area contributed by atoms with Gasteiger partial charge in [-0.15, -0.1) is 0 Å². The Kier molecular flexibility index (Phi) is 2.94. The summed E-state index contributed by atoms with van der Waals surface area (Å²) >= 11 is 0. The highest BCUT2D eigenvalue weighted by molar-refractivity contribution is 5.02. The average molecular weight is 247 g/mol. The van der Waals surface area contributed by atoms with Gasteiger partial charge in [-0.3, -0.25) is 0 Å². The summed E-state index contributed by atoms with van der Waals surface area (Å²) in [6, 6.07) is 1.68. The van der Waals surface area contributed by atoms with E-state index in [2.05, 4.69) is 12.2 Å². The third-order valence-electron chi connectivity index (χ3n) is 6.79. The van der Waals surface area contributed by atoms with Crippen molar-refractivity contribution < 1.29 is 0 Å². The standard InChI is InChI=1S/C17H29N/c1-11(14-4-2-3-5-14)18-17-15-7-12-6-13(9-15)10-16(17)8-12/h11-18H,2-10H2,1H3/t11-,12?,13?,15?,16?,17?/m0/s1. The lowest BCUT2D eigenvalue weighted by atomic mass is 9.54. The second-order valence-electron chi connectivity index (χ2n) is 7.96. The first kappa shape index (κ1) is 11.8. The average Bonchev–Trinajstić information content (AvgIpc) is 2.86. The molecule has 1 nitrogen and oxygen atoms in total. The van der Waals surface area contributed by atoms with Crippen LogP contribution in [0.1, 0.15) is 64.7 Å². The van der Waals surface area contributed by atoms with E-state index in [0.717, 1.165) is 41.7 Å². The molecule has 0 amide bonds. The Morgan fingerprint density at radius 3 is 1.94 bits per heavy atom. The van der Waals surface area contributed by atoms with Crippen molar-refractivity contribution in [1.82, 2.24) is 5.32 Å². The van der Waals surface area contributed by atoms with Crippen LogP contribution in [-0.4, -0.2) is 12.1 Å². The first-order valence-electron chi connectivity index (χ1n) is 8.55. The van der Waals surface area contributed by atoms with Crippen molar-refractivity contribution >= 4 is 0 Å². The van der Waals surface area contributed by atoms with Crippen LogP contribution in [0.5, 0.6) is 0 Å². The summed E-state index contributed by atoms with van der Waals surface area (Å²) in [6.07, 6.45) is 13.8. The van der Waals surface area contributed by atoms with Gasteiger partial charge in [0.05, 0.1) is 0 Å². The third kappa shape index (κ3) is 1.94. The molecule has 1 N–H and O–H groups in total. The number of rotatable bonds is 3. The van der Waals surface area contributed by atoms with Gasteiger partial charge in [-0.2, -0.15) is 0 Å². The van der Waals surface area contributed by atoms with Crippen LogP contribution in [0, 0.1) is 29.6 Å². The molecule has 0 radical (unpaired) electrons. The van der Waals surface area contributed by atoms with Crippen LogP contribution < -0.4 is 5.32 Å². The molecule has 4 bridgehead atoms. The fraction of sp³-hybridized carbons (Fsp3) is 1.00. The second-order valence-corrected chi connectivity index (χ2v) is 7.96. The lowest BCUT2D eigenvalue weighted by Gasteiger charge is -2.55. The van der Waals surface area contributed by atoms with Crippen LogP contribution in [0.3, 0.4) is 0 Å². The predicted octanol–water partition coefficient (Wildman–Crippen LogP) is 3.98. The molecule has 0 aromatic rings. The van der Waals surface area contributed by atoms with Crippen LogP contribution in [0.15, 0.2) is 0 Å². The third-order valence-corrected chi connectivity index (χ3v) is 6.79. The van der Waals surface area contributed by atoms with Crippen LogP contribution in [0.4, 0.5) is 0 Å². The van der Waals surface area contributed by atoms with Crippen LogP contribution in [0.2, 0.25) is 0 Å². The summed E-state index contributed by atoms with van der Waals surface area (Å²) in [7, 11) is 0. The first-order valence-corrected chi connectivity index (χ1v) is 8.55. The van der Waals surface area contributed by atoms with Gasteiger partial charge in [-0.05, 0) is 81.5 Å². The van der Waals surface area contributed by atoms with Crippen molar-refractivity contribution in [2.24, 2.45) is 29.6 Å². The highest BCUT2D eigenvalue weighted by Gasteiger charge is 2.48. The minimum atomic E-state index is 0.787. The molecule has 5 fully saturated rings. The lowest BCUT2D eigenvalue weighted by Crippen LogP contribution is -2.57. The van der Waals surface area contributed by atoms with E-state index in [1.165, 1.54) is 25.7 Å². The van der Waals surface area contributed by atoms with Crippen LogP contribution in [-0.2, 0) is 0 Å². The van der Waals surface area contributed by atoms with E-state index in [4.69, 9.17) is 0 Å². The summed E-state index contributed by atoms with van der Waals surface area (Å²) in [5, 5.41) is 4.10. The Bertz CT molecular complexity index is 277. The Morgan fingerprint density at radius 1 is 0.833 bits per heavy atom. The topological polar surface area (TPSA) is 12.0 Å². The molecule has 5 saturated carbocycles. The summed E-state index contributed by atoms with van der Waals surface area (Å²) < 4.78 is 0. The molecule has 5 rings (SSSR count). The molecule has 0 spiro atoms. The van der Waals surface area contributed by atoms with Crippen molar-refractivity contribution in [3.8, 4) is 0 Å². The molecule has 1 heteroatoms. The first-order chi connectivity index (χ1) is 8.79. The maximum Gasteiger partial charge on any atom is 0.0127 e. The smallest absolute Gasteiger partial charge is 0.0127 e. The number of hydrogen-bond donors (Lipinski definition) is 1. The highest BCUT2D eigenvalue weighted by Crippen LogP contribution is 2.53. The fourth-order valence-corrected chi connectivity index (χ4v) is 6.09. The molecular weight excluding hydrogens is 218 g/mol. The lowest BCUT2D eigenvalue weighted by molar-refractivity contribution is -0.0193. The molecule has 0 saturated heterocycles. The van der Waals surface area contributed by atoms with E-state index >= 15 is 0 Å². The molecule has 0 heterocycles. The zero-order chi connectivity index (χ0) is 12.1. The minimum Gasteiger partial charge on any atom is -0.311 e. The van der Waals surface area contributed by atoms with Gasteiger partial charge < -0.3 is 5.32 Å². The Morgan fingerprint density at radius 2 is 1.39 bits per heavy atom. The van der Waals surface area contributed by atoms with Gasteiger partial charge in [0.25, 0.3) is 0 Å². The quantitative estimate of drug-likeness (QED) is 0.795. The van der Waals surface area contributed by atoms with Gasteiger partial charge in [0.15, 0.2) is 0 Å². The molecule has 5 aliphatic carbocycles. The summed E-state index contributed by atoms with van der Waals surface area (Å²) in [5.41, 5.74) is 0. The Labute approximate surface area is 112 Å². The summed E-state index contributed by atoms with van der Waals surface area (Å²) in [6.45, 7) is 2.47. The van der Waals surface area contributed by atoms with E-state index in [1.54, 1.807) is 32.1 Å². The second kappa shape index (κ2) is 4.51. The maximum absolute atomic E-state index is 4.10. The molecule has 18 heavy (non-hydrogen) atoms. The molecule has 0 aliphatic heterocycles. The van der Waals surface area contributed by atoms with E-state index in [0.29, 0.717) is 0 Å². The van der Waals surface area contributed by atoms with Crippen molar-refractivity contribution in [3.05, 3.63) is 0 Å². The molecular formula is C17H29N. The van der Waals surface area contributed by atoms with Crippen molar-refractivity contribution in [1.29, 1.82) is 0 Å². The van der Waals surface area contributed by atoms with Crippen LogP contribution >= 0.6 is 0 Å². The van der Waals surface area contributed by atoms with Gasteiger partial charge in [-0.1, -0.05) is 12.8 Å². The van der Waals surface area contributed by atoms with Gasteiger partial charge in [0.1, 0.15) is 0 Å². The largest absolute Gasteiger partial charge is 0.311 e. The van der Waals surface area contributed by atoms with Gasteiger partial charge in [0.2, 0.25) is 0 Å². The summed E-state index contributed by atoms with van der Waals surface area (Å²) in [5.74, 6) is 5.32. The zero-order valence-corrected chi connectivity index (χ0v) is 11.9. The van der Waals surface area contributed by atoms with E-state index in [-0.39, 0.29) is 0 Å². The zero-order valence-electron chi connectivity index (χ0n) is 11.9. The monoisotopic (exact) mass is 247 g/mol. The van der Waals surface area contributed by atoms with Crippen molar-refractivity contribution in [3.63, 3.8) is 0 Å². The normalized spacial score (nSPS) is 48.8. The Balaban J connectivity index is 1.42. The molecule has 0 unspecified atom stereocenters. The summed E-state index contributed by atoms with van der Waals surface area (Å²) in [4.78, 5) is 0. The fourth-order valence-electron chi connectivity index (χ4n) is 6.09.